The van der Waals surface area contributed by atoms with Gasteiger partial charge in [-0.15, -0.1) is 0 Å². The normalized spacial score (nSPS) is 15.6. The van der Waals surface area contributed by atoms with E-state index >= 15 is 0 Å². The number of hydrogen-bond donors (Lipinski definition) is 0. The Morgan fingerprint density at radius 2 is 1.80 bits per heavy atom. The van der Waals surface area contributed by atoms with Crippen LogP contribution in [-0.4, -0.2) is 58.7 Å². The van der Waals surface area contributed by atoms with E-state index in [0.717, 1.165) is 67.2 Å². The van der Waals surface area contributed by atoms with Crippen LogP contribution in [0.15, 0.2) is 24.3 Å². The highest BCUT2D eigenvalue weighted by atomic mass is 16.2. The number of aryl methyl sites for hydroxylation is 2. The molecular weight excluding hydrogens is 312 g/mol. The summed E-state index contributed by atoms with van der Waals surface area (Å²) >= 11 is 0. The highest BCUT2D eigenvalue weighted by Gasteiger charge is 2.27. The molecule has 1 saturated heterocycles. The lowest BCUT2D eigenvalue weighted by molar-refractivity contribution is 0.0662. The van der Waals surface area contributed by atoms with E-state index in [4.69, 9.17) is 5.10 Å². The molecular formula is C20H28N4O. The molecule has 0 unspecified atom stereocenters. The third-order valence-electron chi connectivity index (χ3n) is 5.02. The lowest BCUT2D eigenvalue weighted by atomic mass is 10.1. The van der Waals surface area contributed by atoms with Gasteiger partial charge in [-0.3, -0.25) is 4.79 Å². The first-order valence-electron chi connectivity index (χ1n) is 9.15. The van der Waals surface area contributed by atoms with Crippen molar-refractivity contribution in [2.24, 2.45) is 0 Å². The first kappa shape index (κ1) is 17.7. The van der Waals surface area contributed by atoms with Crippen molar-refractivity contribution in [3.63, 3.8) is 0 Å². The summed E-state index contributed by atoms with van der Waals surface area (Å²) in [5.41, 5.74) is 4.88. The van der Waals surface area contributed by atoms with Crippen LogP contribution in [0.25, 0.3) is 5.69 Å². The number of aromatic nitrogens is 2. The lowest BCUT2D eigenvalue weighted by Gasteiger charge is -2.32. The summed E-state index contributed by atoms with van der Waals surface area (Å²) in [7, 11) is 2.10. The van der Waals surface area contributed by atoms with Crippen LogP contribution in [0.5, 0.6) is 0 Å². The molecule has 0 saturated carbocycles. The Morgan fingerprint density at radius 1 is 1.12 bits per heavy atom. The molecule has 0 N–H and O–H groups in total. The van der Waals surface area contributed by atoms with Crippen molar-refractivity contribution in [2.45, 2.75) is 33.6 Å². The highest BCUT2D eigenvalue weighted by molar-refractivity contribution is 5.96. The fourth-order valence-electron chi connectivity index (χ4n) is 3.45. The average Bonchev–Trinajstić information content (AvgIpc) is 2.92. The maximum Gasteiger partial charge on any atom is 0.257 e. The second-order valence-corrected chi connectivity index (χ2v) is 6.95. The van der Waals surface area contributed by atoms with Gasteiger partial charge in [0, 0.05) is 26.2 Å². The molecule has 1 aromatic carbocycles. The van der Waals surface area contributed by atoms with Gasteiger partial charge in [-0.05, 0) is 38.9 Å². The molecule has 2 heterocycles. The van der Waals surface area contributed by atoms with Gasteiger partial charge in [0.15, 0.2) is 0 Å². The van der Waals surface area contributed by atoms with Crippen molar-refractivity contribution < 1.29 is 4.79 Å². The number of piperazine rings is 1. The maximum absolute atomic E-state index is 13.2. The van der Waals surface area contributed by atoms with Crippen molar-refractivity contribution in [3.8, 4) is 5.69 Å². The van der Waals surface area contributed by atoms with E-state index in [1.54, 1.807) is 0 Å². The predicted molar refractivity (Wildman–Crippen MR) is 100 cm³/mol. The molecule has 1 amide bonds. The Kier molecular flexibility index (Phi) is 5.23. The number of hydrogen-bond acceptors (Lipinski definition) is 3. The molecule has 1 fully saturated rings. The van der Waals surface area contributed by atoms with Crippen LogP contribution in [0.4, 0.5) is 0 Å². The van der Waals surface area contributed by atoms with Gasteiger partial charge >= 0.3 is 0 Å². The summed E-state index contributed by atoms with van der Waals surface area (Å²) in [6, 6.07) is 8.19. The monoisotopic (exact) mass is 340 g/mol. The van der Waals surface area contributed by atoms with Gasteiger partial charge in [0.25, 0.3) is 5.91 Å². The van der Waals surface area contributed by atoms with Gasteiger partial charge in [-0.1, -0.05) is 31.5 Å². The predicted octanol–water partition coefficient (Wildman–Crippen LogP) is 2.83. The number of benzene rings is 1. The van der Waals surface area contributed by atoms with Gasteiger partial charge in [0.05, 0.1) is 22.6 Å². The SMILES string of the molecule is CCCc1nn(-c2ccccc2C)c(C)c1C(=O)N1CCN(C)CC1. The van der Waals surface area contributed by atoms with Crippen LogP contribution >= 0.6 is 0 Å². The first-order chi connectivity index (χ1) is 12.0. The number of nitrogens with zero attached hydrogens (tertiary/aromatic N) is 4. The van der Waals surface area contributed by atoms with Crippen molar-refractivity contribution >= 4 is 5.91 Å². The van der Waals surface area contributed by atoms with Gasteiger partial charge in [0.1, 0.15) is 0 Å². The fraction of sp³-hybridized carbons (Fsp3) is 0.500. The van der Waals surface area contributed by atoms with Crippen molar-refractivity contribution in [1.29, 1.82) is 0 Å². The van der Waals surface area contributed by atoms with Gasteiger partial charge < -0.3 is 9.80 Å². The Hall–Kier alpha value is -2.14. The topological polar surface area (TPSA) is 41.4 Å². The van der Waals surface area contributed by atoms with Gasteiger partial charge in [0.2, 0.25) is 0 Å². The zero-order chi connectivity index (χ0) is 18.0. The summed E-state index contributed by atoms with van der Waals surface area (Å²) in [6.07, 6.45) is 1.81. The molecule has 1 aliphatic heterocycles. The smallest absolute Gasteiger partial charge is 0.257 e. The molecule has 1 aromatic heterocycles. The van der Waals surface area contributed by atoms with E-state index in [0.29, 0.717) is 0 Å². The molecule has 1 aliphatic rings. The number of para-hydroxylation sites is 1. The van der Waals surface area contributed by atoms with Crippen molar-refractivity contribution in [1.82, 2.24) is 19.6 Å². The number of likely N-dealkylation sites (N-methyl/N-ethyl adjacent to an activating group) is 1. The van der Waals surface area contributed by atoms with Crippen molar-refractivity contribution in [2.75, 3.05) is 33.2 Å². The quantitative estimate of drug-likeness (QED) is 0.859. The Morgan fingerprint density at radius 3 is 2.44 bits per heavy atom. The standard InChI is InChI=1S/C20H28N4O/c1-5-8-17-19(20(25)23-13-11-22(4)12-14-23)16(3)24(21-17)18-10-7-6-9-15(18)2/h6-7,9-10H,5,8,11-14H2,1-4H3. The average molecular weight is 340 g/mol. The molecule has 0 aliphatic carbocycles. The highest BCUT2D eigenvalue weighted by Crippen LogP contribution is 2.23. The molecule has 0 bridgehead atoms. The Balaban J connectivity index is 2.01. The molecule has 3 rings (SSSR count). The molecule has 0 atom stereocenters. The summed E-state index contributed by atoms with van der Waals surface area (Å²) in [4.78, 5) is 17.4. The van der Waals surface area contributed by atoms with Crippen molar-refractivity contribution in [3.05, 3.63) is 46.8 Å². The number of rotatable bonds is 4. The van der Waals surface area contributed by atoms with Crippen LogP contribution in [0.2, 0.25) is 0 Å². The van der Waals surface area contributed by atoms with Gasteiger partial charge in [-0.2, -0.15) is 5.10 Å². The molecule has 25 heavy (non-hydrogen) atoms. The largest absolute Gasteiger partial charge is 0.336 e. The molecule has 134 valence electrons. The minimum absolute atomic E-state index is 0.133. The van der Waals surface area contributed by atoms with E-state index in [2.05, 4.69) is 37.9 Å². The van der Waals surface area contributed by atoms with Crippen LogP contribution in [0, 0.1) is 13.8 Å². The second kappa shape index (κ2) is 7.40. The second-order valence-electron chi connectivity index (χ2n) is 6.95. The first-order valence-corrected chi connectivity index (χ1v) is 9.15. The molecule has 2 aromatic rings. The van der Waals surface area contributed by atoms with E-state index in [1.807, 2.05) is 28.6 Å². The Bertz CT molecular complexity index is 757. The zero-order valence-electron chi connectivity index (χ0n) is 15.7. The molecule has 5 nitrogen and oxygen atoms in total. The van der Waals surface area contributed by atoms with E-state index in [9.17, 15) is 4.79 Å². The minimum atomic E-state index is 0.133. The van der Waals surface area contributed by atoms with Gasteiger partial charge in [-0.25, -0.2) is 4.68 Å². The lowest BCUT2D eigenvalue weighted by Crippen LogP contribution is -2.47. The molecule has 5 heteroatoms. The zero-order valence-corrected chi connectivity index (χ0v) is 15.7. The number of carbonyl (C=O) groups is 1. The number of carbonyl (C=O) groups excluding carboxylic acids is 1. The third-order valence-corrected chi connectivity index (χ3v) is 5.02. The van der Waals surface area contributed by atoms with E-state index in [-0.39, 0.29) is 5.91 Å². The molecule has 0 spiro atoms. The summed E-state index contributed by atoms with van der Waals surface area (Å²) in [6.45, 7) is 9.66. The van der Waals surface area contributed by atoms with Crippen LogP contribution in [0.1, 0.15) is 40.7 Å². The summed E-state index contributed by atoms with van der Waals surface area (Å²) in [5, 5.41) is 4.82. The third kappa shape index (κ3) is 3.47. The number of amides is 1. The summed E-state index contributed by atoms with van der Waals surface area (Å²) < 4.78 is 1.95. The minimum Gasteiger partial charge on any atom is -0.336 e. The van der Waals surface area contributed by atoms with Crippen LogP contribution < -0.4 is 0 Å². The maximum atomic E-state index is 13.2. The van der Waals surface area contributed by atoms with Crippen LogP contribution in [-0.2, 0) is 6.42 Å². The fourth-order valence-corrected chi connectivity index (χ4v) is 3.45. The van der Waals surface area contributed by atoms with E-state index in [1.165, 1.54) is 0 Å². The van der Waals surface area contributed by atoms with E-state index < -0.39 is 0 Å². The Labute approximate surface area is 150 Å². The molecule has 0 radical (unpaired) electrons. The summed E-state index contributed by atoms with van der Waals surface area (Å²) in [5.74, 6) is 0.133. The van der Waals surface area contributed by atoms with Crippen LogP contribution in [0.3, 0.4) is 0 Å².